The van der Waals surface area contributed by atoms with Crippen molar-refractivity contribution in [3.05, 3.63) is 47.7 Å². The van der Waals surface area contributed by atoms with Crippen LogP contribution in [0.15, 0.2) is 30.3 Å². The van der Waals surface area contributed by atoms with Gasteiger partial charge in [0.2, 0.25) is 0 Å². The molecular formula is C18H21FN4O3S. The molecule has 27 heavy (non-hydrogen) atoms. The van der Waals surface area contributed by atoms with Crippen LogP contribution < -0.4 is 5.32 Å². The highest BCUT2D eigenvalue weighted by atomic mass is 32.2. The van der Waals surface area contributed by atoms with Gasteiger partial charge in [-0.3, -0.25) is 4.79 Å². The molecule has 7 nitrogen and oxygen atoms in total. The maximum Gasteiger partial charge on any atom is 0.272 e. The van der Waals surface area contributed by atoms with Gasteiger partial charge in [0.05, 0.1) is 11.5 Å². The molecule has 1 aliphatic rings. The van der Waals surface area contributed by atoms with Gasteiger partial charge < -0.3 is 10.2 Å². The van der Waals surface area contributed by atoms with Gasteiger partial charge in [0.1, 0.15) is 23.2 Å². The summed E-state index contributed by atoms with van der Waals surface area (Å²) in [6, 6.07) is 7.05. The second kappa shape index (κ2) is 7.59. The number of carbonyl (C=O) groups excluding carboxylic acids is 1. The predicted octanol–water partition coefficient (Wildman–Crippen LogP) is 2.32. The van der Waals surface area contributed by atoms with Gasteiger partial charge in [-0.15, -0.1) is 0 Å². The number of carbonyl (C=O) groups is 1. The van der Waals surface area contributed by atoms with E-state index in [-0.39, 0.29) is 35.0 Å². The van der Waals surface area contributed by atoms with Crippen molar-refractivity contribution in [2.24, 2.45) is 0 Å². The van der Waals surface area contributed by atoms with Crippen molar-refractivity contribution < 1.29 is 17.6 Å². The molecule has 2 heterocycles. The standard InChI is InChI=1S/C18H21FN4O3S/c1-3-23(15-7-8-27(25,26)11-15)18(24)16-10-17(21-12(2)20-16)22-14-6-4-5-13(19)9-14/h4-6,9-10,15H,3,7-8,11H2,1-2H3,(H,20,21,22). The first kappa shape index (κ1) is 19.2. The van der Waals surface area contributed by atoms with Gasteiger partial charge in [-0.05, 0) is 38.5 Å². The van der Waals surface area contributed by atoms with Crippen LogP contribution in [-0.2, 0) is 9.84 Å². The normalized spacial score (nSPS) is 18.3. The maximum atomic E-state index is 13.4. The lowest BCUT2D eigenvalue weighted by Gasteiger charge is -2.26. The lowest BCUT2D eigenvalue weighted by Crippen LogP contribution is -2.41. The first-order chi connectivity index (χ1) is 12.8. The van der Waals surface area contributed by atoms with Crippen LogP contribution in [-0.4, -0.2) is 53.3 Å². The van der Waals surface area contributed by atoms with Crippen molar-refractivity contribution in [3.8, 4) is 0 Å². The Hall–Kier alpha value is -2.55. The smallest absolute Gasteiger partial charge is 0.272 e. The van der Waals surface area contributed by atoms with Crippen LogP contribution in [0.3, 0.4) is 0 Å². The largest absolute Gasteiger partial charge is 0.340 e. The number of halogens is 1. The number of hydrogen-bond donors (Lipinski definition) is 1. The third-order valence-corrected chi connectivity index (χ3v) is 6.16. The molecular weight excluding hydrogens is 371 g/mol. The Bertz CT molecular complexity index is 965. The third kappa shape index (κ3) is 4.60. The molecule has 1 aromatic carbocycles. The summed E-state index contributed by atoms with van der Waals surface area (Å²) < 4.78 is 36.9. The fourth-order valence-corrected chi connectivity index (χ4v) is 4.92. The lowest BCUT2D eigenvalue weighted by atomic mass is 10.2. The molecule has 9 heteroatoms. The number of hydrogen-bond acceptors (Lipinski definition) is 6. The number of anilines is 2. The Kier molecular flexibility index (Phi) is 5.41. The molecule has 0 aliphatic carbocycles. The fourth-order valence-electron chi connectivity index (χ4n) is 3.19. The number of amides is 1. The molecule has 0 radical (unpaired) electrons. The summed E-state index contributed by atoms with van der Waals surface area (Å²) in [6.07, 6.45) is 0.431. The number of aromatic nitrogens is 2. The molecule has 0 bridgehead atoms. The molecule has 0 spiro atoms. The average Bonchev–Trinajstić information content (AvgIpc) is 2.94. The van der Waals surface area contributed by atoms with Gasteiger partial charge in [0, 0.05) is 24.3 Å². The van der Waals surface area contributed by atoms with Crippen molar-refractivity contribution >= 4 is 27.2 Å². The van der Waals surface area contributed by atoms with Crippen LogP contribution in [0.4, 0.5) is 15.9 Å². The van der Waals surface area contributed by atoms with Gasteiger partial charge in [0.25, 0.3) is 5.91 Å². The van der Waals surface area contributed by atoms with Crippen molar-refractivity contribution in [2.75, 3.05) is 23.4 Å². The summed E-state index contributed by atoms with van der Waals surface area (Å²) in [6.45, 7) is 3.85. The second-order valence-electron chi connectivity index (χ2n) is 6.47. The van der Waals surface area contributed by atoms with Crippen LogP contribution in [0.5, 0.6) is 0 Å². The first-order valence-electron chi connectivity index (χ1n) is 8.67. The molecule has 1 amide bonds. The number of rotatable bonds is 5. The summed E-state index contributed by atoms with van der Waals surface area (Å²) in [7, 11) is -3.10. The fraction of sp³-hybridized carbons (Fsp3) is 0.389. The van der Waals surface area contributed by atoms with Crippen LogP contribution in [0.25, 0.3) is 0 Å². The number of aryl methyl sites for hydroxylation is 1. The first-order valence-corrected chi connectivity index (χ1v) is 10.5. The number of sulfone groups is 1. The van der Waals surface area contributed by atoms with Crippen LogP contribution in [0.2, 0.25) is 0 Å². The van der Waals surface area contributed by atoms with E-state index in [4.69, 9.17) is 0 Å². The number of benzene rings is 1. The average molecular weight is 392 g/mol. The van der Waals surface area contributed by atoms with E-state index in [1.54, 1.807) is 19.1 Å². The molecule has 1 fully saturated rings. The molecule has 1 unspecified atom stereocenters. The minimum atomic E-state index is -3.10. The Morgan fingerprint density at radius 1 is 1.33 bits per heavy atom. The Balaban J connectivity index is 1.85. The second-order valence-corrected chi connectivity index (χ2v) is 8.70. The van der Waals surface area contributed by atoms with Gasteiger partial charge in [0.15, 0.2) is 9.84 Å². The minimum Gasteiger partial charge on any atom is -0.340 e. The molecule has 2 aromatic rings. The molecule has 1 saturated heterocycles. The Labute approximate surface area is 157 Å². The molecule has 1 aromatic heterocycles. The van der Waals surface area contributed by atoms with Crippen molar-refractivity contribution in [2.45, 2.75) is 26.3 Å². The highest BCUT2D eigenvalue weighted by Crippen LogP contribution is 2.21. The highest BCUT2D eigenvalue weighted by Gasteiger charge is 2.34. The van der Waals surface area contributed by atoms with E-state index >= 15 is 0 Å². The molecule has 3 rings (SSSR count). The monoisotopic (exact) mass is 392 g/mol. The number of nitrogens with zero attached hydrogens (tertiary/aromatic N) is 3. The number of nitrogens with one attached hydrogen (secondary N) is 1. The van der Waals surface area contributed by atoms with Crippen molar-refractivity contribution in [3.63, 3.8) is 0 Å². The zero-order valence-corrected chi connectivity index (χ0v) is 16.0. The molecule has 1 aliphatic heterocycles. The van der Waals surface area contributed by atoms with E-state index in [0.29, 0.717) is 30.3 Å². The van der Waals surface area contributed by atoms with E-state index in [1.165, 1.54) is 23.1 Å². The van der Waals surface area contributed by atoms with Gasteiger partial charge >= 0.3 is 0 Å². The Morgan fingerprint density at radius 2 is 2.11 bits per heavy atom. The van der Waals surface area contributed by atoms with Crippen molar-refractivity contribution in [1.29, 1.82) is 0 Å². The zero-order chi connectivity index (χ0) is 19.6. The maximum absolute atomic E-state index is 13.4. The topological polar surface area (TPSA) is 92.3 Å². The summed E-state index contributed by atoms with van der Waals surface area (Å²) in [4.78, 5) is 22.9. The van der Waals surface area contributed by atoms with E-state index in [2.05, 4.69) is 15.3 Å². The zero-order valence-electron chi connectivity index (χ0n) is 15.1. The van der Waals surface area contributed by atoms with Crippen LogP contribution in [0.1, 0.15) is 29.7 Å². The minimum absolute atomic E-state index is 0.0228. The van der Waals surface area contributed by atoms with Crippen LogP contribution in [0, 0.1) is 12.7 Å². The van der Waals surface area contributed by atoms with Gasteiger partial charge in [-0.1, -0.05) is 6.07 Å². The summed E-state index contributed by atoms with van der Waals surface area (Å²) in [5, 5.41) is 2.96. The molecule has 1 atom stereocenters. The molecule has 1 N–H and O–H groups in total. The molecule has 144 valence electrons. The summed E-state index contributed by atoms with van der Waals surface area (Å²) >= 11 is 0. The quantitative estimate of drug-likeness (QED) is 0.840. The SMILES string of the molecule is CCN(C(=O)c1cc(Nc2cccc(F)c2)nc(C)n1)C1CCS(=O)(=O)C1. The van der Waals surface area contributed by atoms with Gasteiger partial charge in [-0.25, -0.2) is 22.8 Å². The third-order valence-electron chi connectivity index (χ3n) is 4.40. The summed E-state index contributed by atoms with van der Waals surface area (Å²) in [5.74, 6) is 0.0947. The van der Waals surface area contributed by atoms with E-state index in [0.717, 1.165) is 0 Å². The highest BCUT2D eigenvalue weighted by molar-refractivity contribution is 7.91. The van der Waals surface area contributed by atoms with Gasteiger partial charge in [-0.2, -0.15) is 0 Å². The molecule has 0 saturated carbocycles. The van der Waals surface area contributed by atoms with E-state index in [9.17, 15) is 17.6 Å². The van der Waals surface area contributed by atoms with E-state index in [1.807, 2.05) is 6.92 Å². The van der Waals surface area contributed by atoms with E-state index < -0.39 is 9.84 Å². The Morgan fingerprint density at radius 3 is 2.74 bits per heavy atom. The summed E-state index contributed by atoms with van der Waals surface area (Å²) in [5.41, 5.74) is 0.674. The lowest BCUT2D eigenvalue weighted by molar-refractivity contribution is 0.0702. The van der Waals surface area contributed by atoms with Crippen LogP contribution >= 0.6 is 0 Å². The van der Waals surface area contributed by atoms with Crippen molar-refractivity contribution in [1.82, 2.24) is 14.9 Å². The predicted molar refractivity (Wildman–Crippen MR) is 100 cm³/mol.